The number of fused-ring (bicyclic) bond motifs is 1. The quantitative estimate of drug-likeness (QED) is 0.329. The lowest BCUT2D eigenvalue weighted by atomic mass is 9.86. The molecule has 0 fully saturated rings. The van der Waals surface area contributed by atoms with Gasteiger partial charge in [-0.05, 0) is 42.2 Å². The molecule has 7 heteroatoms. The van der Waals surface area contributed by atoms with Crippen molar-refractivity contribution in [2.45, 2.75) is 33.1 Å². The van der Waals surface area contributed by atoms with Crippen LogP contribution in [-0.2, 0) is 10.2 Å². The zero-order valence-electron chi connectivity index (χ0n) is 21.9. The Bertz CT molecular complexity index is 1500. The highest BCUT2D eigenvalue weighted by molar-refractivity contribution is 5.94. The van der Waals surface area contributed by atoms with Crippen molar-refractivity contribution in [3.05, 3.63) is 82.0 Å². The van der Waals surface area contributed by atoms with Crippen LogP contribution < -0.4 is 25.0 Å². The van der Waals surface area contributed by atoms with Crippen molar-refractivity contribution < 1.29 is 23.4 Å². The second kappa shape index (κ2) is 10.4. The van der Waals surface area contributed by atoms with E-state index in [-0.39, 0.29) is 22.4 Å². The fourth-order valence-corrected chi connectivity index (χ4v) is 3.97. The molecule has 37 heavy (non-hydrogen) atoms. The number of amides is 1. The van der Waals surface area contributed by atoms with Crippen molar-refractivity contribution >= 4 is 22.6 Å². The molecule has 1 N–H and O–H groups in total. The third-order valence-electron chi connectivity index (χ3n) is 6.05. The third kappa shape index (κ3) is 5.61. The molecule has 0 aliphatic rings. The number of aryl methyl sites for hydroxylation is 1. The number of ether oxygens (including phenoxy) is 3. The Morgan fingerprint density at radius 1 is 0.946 bits per heavy atom. The zero-order chi connectivity index (χ0) is 26.7. The first-order chi connectivity index (χ1) is 17.6. The number of carbonyl (C=O) groups is 1. The van der Waals surface area contributed by atoms with Gasteiger partial charge in [0.25, 0.3) is 5.91 Å². The van der Waals surface area contributed by atoms with E-state index in [4.69, 9.17) is 18.6 Å². The molecule has 0 bridgehead atoms. The van der Waals surface area contributed by atoms with E-state index in [1.165, 1.54) is 14.2 Å². The molecule has 1 amide bonds. The highest BCUT2D eigenvalue weighted by Crippen LogP contribution is 2.33. The number of benzene rings is 3. The molecular formula is C30H31NO6. The largest absolute Gasteiger partial charge is 0.497 e. The van der Waals surface area contributed by atoms with Gasteiger partial charge >= 0.3 is 0 Å². The zero-order valence-corrected chi connectivity index (χ0v) is 21.9. The van der Waals surface area contributed by atoms with Gasteiger partial charge < -0.3 is 23.9 Å². The molecule has 0 unspecified atom stereocenters. The highest BCUT2D eigenvalue weighted by Gasteiger charge is 2.21. The van der Waals surface area contributed by atoms with Crippen molar-refractivity contribution in [3.8, 4) is 28.6 Å². The Kier molecular flexibility index (Phi) is 7.25. The van der Waals surface area contributed by atoms with Gasteiger partial charge in [0, 0.05) is 11.6 Å². The second-order valence-electron chi connectivity index (χ2n) is 9.82. The molecule has 0 spiro atoms. The van der Waals surface area contributed by atoms with Gasteiger partial charge in [-0.2, -0.15) is 0 Å². The molecule has 192 valence electrons. The fourth-order valence-electron chi connectivity index (χ4n) is 3.97. The molecule has 0 atom stereocenters. The van der Waals surface area contributed by atoms with E-state index >= 15 is 0 Å². The topological polar surface area (TPSA) is 87.0 Å². The van der Waals surface area contributed by atoms with Crippen LogP contribution in [0.5, 0.6) is 17.2 Å². The minimum Gasteiger partial charge on any atom is -0.497 e. The van der Waals surface area contributed by atoms with Crippen LogP contribution in [0.15, 0.2) is 69.9 Å². The molecular weight excluding hydrogens is 470 g/mol. The first-order valence-corrected chi connectivity index (χ1v) is 11.9. The standard InChI is InChI=1S/C30H31NO6/c1-18-7-13-24-22(15-18)27(33)29(28(37-24)19-8-10-20(11-9-19)30(2,3)4)36-17-26(32)31-23-16-21(34-5)12-14-25(23)35-6/h7-16H,17H2,1-6H3,(H,31,32). The maximum Gasteiger partial charge on any atom is 0.262 e. The van der Waals surface area contributed by atoms with Gasteiger partial charge in [0.1, 0.15) is 17.1 Å². The Hall–Kier alpha value is -4.26. The van der Waals surface area contributed by atoms with Crippen LogP contribution >= 0.6 is 0 Å². The van der Waals surface area contributed by atoms with Crippen LogP contribution in [-0.4, -0.2) is 26.7 Å². The molecule has 4 rings (SSSR count). The number of methoxy groups -OCH3 is 2. The molecule has 4 aromatic rings. The van der Waals surface area contributed by atoms with Gasteiger partial charge in [-0.25, -0.2) is 0 Å². The lowest BCUT2D eigenvalue weighted by Gasteiger charge is -2.19. The first-order valence-electron chi connectivity index (χ1n) is 11.9. The van der Waals surface area contributed by atoms with Gasteiger partial charge in [-0.15, -0.1) is 0 Å². The average molecular weight is 502 g/mol. The van der Waals surface area contributed by atoms with Crippen molar-refractivity contribution in [1.29, 1.82) is 0 Å². The Balaban J connectivity index is 1.69. The molecule has 0 aliphatic carbocycles. The molecule has 1 heterocycles. The van der Waals surface area contributed by atoms with E-state index in [1.54, 1.807) is 30.3 Å². The molecule has 0 saturated heterocycles. The van der Waals surface area contributed by atoms with Crippen LogP contribution in [0, 0.1) is 6.92 Å². The number of hydrogen-bond donors (Lipinski definition) is 1. The monoisotopic (exact) mass is 501 g/mol. The number of carbonyl (C=O) groups excluding carboxylic acids is 1. The van der Waals surface area contributed by atoms with Gasteiger partial charge in [-0.3, -0.25) is 9.59 Å². The highest BCUT2D eigenvalue weighted by atomic mass is 16.5. The van der Waals surface area contributed by atoms with E-state index in [9.17, 15) is 9.59 Å². The maximum absolute atomic E-state index is 13.5. The summed E-state index contributed by atoms with van der Waals surface area (Å²) >= 11 is 0. The number of nitrogens with one attached hydrogen (secondary N) is 1. The fraction of sp³-hybridized carbons (Fsp3) is 0.267. The van der Waals surface area contributed by atoms with Crippen LogP contribution in [0.4, 0.5) is 5.69 Å². The molecule has 0 saturated carbocycles. The number of anilines is 1. The molecule has 0 aliphatic heterocycles. The lowest BCUT2D eigenvalue weighted by Crippen LogP contribution is -2.23. The summed E-state index contributed by atoms with van der Waals surface area (Å²) in [6.07, 6.45) is 0. The predicted molar refractivity (Wildman–Crippen MR) is 145 cm³/mol. The lowest BCUT2D eigenvalue weighted by molar-refractivity contribution is -0.118. The molecule has 0 radical (unpaired) electrons. The van der Waals surface area contributed by atoms with Crippen LogP contribution in [0.25, 0.3) is 22.3 Å². The SMILES string of the molecule is COc1ccc(OC)c(NC(=O)COc2c(-c3ccc(C(C)(C)C)cc3)oc3ccc(C)cc3c2=O)c1. The van der Waals surface area contributed by atoms with Crippen LogP contribution in [0.2, 0.25) is 0 Å². The van der Waals surface area contributed by atoms with E-state index in [1.807, 2.05) is 37.3 Å². The minimum absolute atomic E-state index is 0.0191. The molecule has 7 nitrogen and oxygen atoms in total. The summed E-state index contributed by atoms with van der Waals surface area (Å²) in [6, 6.07) is 18.3. The van der Waals surface area contributed by atoms with Crippen molar-refractivity contribution in [1.82, 2.24) is 0 Å². The first kappa shape index (κ1) is 25.8. The summed E-state index contributed by atoms with van der Waals surface area (Å²) in [4.78, 5) is 26.3. The van der Waals surface area contributed by atoms with Crippen LogP contribution in [0.1, 0.15) is 31.9 Å². The average Bonchev–Trinajstić information content (AvgIpc) is 2.88. The minimum atomic E-state index is -0.468. The normalized spacial score (nSPS) is 11.3. The summed E-state index contributed by atoms with van der Waals surface area (Å²) < 4.78 is 22.6. The molecule has 1 aromatic heterocycles. The second-order valence-corrected chi connectivity index (χ2v) is 9.82. The Labute approximate surface area is 216 Å². The molecule has 3 aromatic carbocycles. The smallest absolute Gasteiger partial charge is 0.262 e. The summed E-state index contributed by atoms with van der Waals surface area (Å²) in [5.41, 5.74) is 3.24. The van der Waals surface area contributed by atoms with Gasteiger partial charge in [0.2, 0.25) is 11.2 Å². The summed E-state index contributed by atoms with van der Waals surface area (Å²) in [6.45, 7) is 7.88. The van der Waals surface area contributed by atoms with E-state index in [0.29, 0.717) is 33.7 Å². The number of rotatable bonds is 7. The van der Waals surface area contributed by atoms with Crippen LogP contribution in [0.3, 0.4) is 0 Å². The van der Waals surface area contributed by atoms with Crippen molar-refractivity contribution in [2.24, 2.45) is 0 Å². The van der Waals surface area contributed by atoms with E-state index in [2.05, 4.69) is 26.1 Å². The van der Waals surface area contributed by atoms with E-state index in [0.717, 1.165) is 11.1 Å². The maximum atomic E-state index is 13.5. The summed E-state index contributed by atoms with van der Waals surface area (Å²) in [5.74, 6) is 0.810. The Morgan fingerprint density at radius 2 is 1.68 bits per heavy atom. The third-order valence-corrected chi connectivity index (χ3v) is 6.05. The van der Waals surface area contributed by atoms with Gasteiger partial charge in [-0.1, -0.05) is 56.7 Å². The predicted octanol–water partition coefficient (Wildman–Crippen LogP) is 6.10. The Morgan fingerprint density at radius 3 is 2.32 bits per heavy atom. The summed E-state index contributed by atoms with van der Waals surface area (Å²) in [5, 5.41) is 3.14. The van der Waals surface area contributed by atoms with E-state index < -0.39 is 12.5 Å². The summed E-state index contributed by atoms with van der Waals surface area (Å²) in [7, 11) is 3.04. The van der Waals surface area contributed by atoms with Gasteiger partial charge in [0.15, 0.2) is 12.4 Å². The van der Waals surface area contributed by atoms with Gasteiger partial charge in [0.05, 0.1) is 25.3 Å². The van der Waals surface area contributed by atoms with Crippen molar-refractivity contribution in [2.75, 3.05) is 26.1 Å². The number of hydrogen-bond acceptors (Lipinski definition) is 6. The van der Waals surface area contributed by atoms with Crippen molar-refractivity contribution in [3.63, 3.8) is 0 Å².